The van der Waals surface area contributed by atoms with E-state index in [1.807, 2.05) is 0 Å². The van der Waals surface area contributed by atoms with Crippen molar-refractivity contribution in [2.45, 2.75) is 31.9 Å². The van der Waals surface area contributed by atoms with Crippen molar-refractivity contribution in [1.82, 2.24) is 10.6 Å². The highest BCUT2D eigenvalue weighted by atomic mass is 35.7. The van der Waals surface area contributed by atoms with Crippen LogP contribution in [0.3, 0.4) is 0 Å². The third kappa shape index (κ3) is 9.46. The van der Waals surface area contributed by atoms with Crippen molar-refractivity contribution in [3.63, 3.8) is 0 Å². The molecular weight excluding hydrogens is 489 g/mol. The van der Waals surface area contributed by atoms with E-state index in [0.29, 0.717) is 36.4 Å². The van der Waals surface area contributed by atoms with Crippen LogP contribution in [-0.2, 0) is 30.0 Å². The first-order valence-electron chi connectivity index (χ1n) is 10.4. The Kier molecular flexibility index (Phi) is 10.9. The van der Waals surface area contributed by atoms with E-state index in [9.17, 15) is 18.9 Å². The van der Waals surface area contributed by atoms with Gasteiger partial charge in [0.15, 0.2) is 0 Å². The molecule has 2 atom stereocenters. The van der Waals surface area contributed by atoms with Crippen LogP contribution < -0.4 is 20.5 Å². The SMILES string of the molecule is C=CCOC(=O)NCCCC[C@H](NC(=O)OCC=C)C(=O)Nc1ccc2c(c1)COP(=O)(Cl)O2. The molecule has 1 aromatic rings. The minimum atomic E-state index is -3.66. The van der Waals surface area contributed by atoms with Crippen LogP contribution in [0.5, 0.6) is 5.75 Å². The van der Waals surface area contributed by atoms with Crippen molar-refractivity contribution in [1.29, 1.82) is 0 Å². The van der Waals surface area contributed by atoms with Gasteiger partial charge in [0.05, 0.1) is 6.61 Å². The zero-order valence-electron chi connectivity index (χ0n) is 18.4. The summed E-state index contributed by atoms with van der Waals surface area (Å²) in [6.07, 6.45) is 2.87. The normalized spacial score (nSPS) is 17.2. The predicted molar refractivity (Wildman–Crippen MR) is 126 cm³/mol. The molecule has 1 aliphatic heterocycles. The summed E-state index contributed by atoms with van der Waals surface area (Å²) in [7, 11) is 0. The van der Waals surface area contributed by atoms with Crippen LogP contribution in [0, 0.1) is 0 Å². The number of carbonyl (C=O) groups excluding carboxylic acids is 3. The lowest BCUT2D eigenvalue weighted by atomic mass is 10.1. The van der Waals surface area contributed by atoms with Gasteiger partial charge in [0.25, 0.3) is 0 Å². The maximum atomic E-state index is 12.9. The van der Waals surface area contributed by atoms with Crippen LogP contribution in [0.4, 0.5) is 15.3 Å². The molecule has 13 heteroatoms. The minimum Gasteiger partial charge on any atom is -0.445 e. The number of fused-ring (bicyclic) bond motifs is 1. The van der Waals surface area contributed by atoms with Gasteiger partial charge >= 0.3 is 19.1 Å². The van der Waals surface area contributed by atoms with Gasteiger partial charge in [-0.1, -0.05) is 25.3 Å². The molecule has 34 heavy (non-hydrogen) atoms. The van der Waals surface area contributed by atoms with Gasteiger partial charge in [0.2, 0.25) is 5.91 Å². The van der Waals surface area contributed by atoms with E-state index in [1.165, 1.54) is 18.2 Å². The number of benzene rings is 1. The summed E-state index contributed by atoms with van der Waals surface area (Å²) >= 11 is 5.61. The Bertz CT molecular complexity index is 958. The van der Waals surface area contributed by atoms with E-state index in [1.54, 1.807) is 12.1 Å². The largest absolute Gasteiger partial charge is 0.477 e. The molecule has 3 N–H and O–H groups in total. The van der Waals surface area contributed by atoms with Crippen molar-refractivity contribution >= 4 is 42.0 Å². The maximum Gasteiger partial charge on any atom is 0.477 e. The second-order valence-electron chi connectivity index (χ2n) is 7.00. The molecule has 1 heterocycles. The molecule has 11 nitrogen and oxygen atoms in total. The molecule has 1 aliphatic rings. The molecule has 0 spiro atoms. The van der Waals surface area contributed by atoms with E-state index >= 15 is 0 Å². The van der Waals surface area contributed by atoms with Gasteiger partial charge < -0.3 is 29.9 Å². The fourth-order valence-corrected chi connectivity index (χ4v) is 3.94. The molecule has 0 aliphatic carbocycles. The minimum absolute atomic E-state index is 0.00778. The lowest BCUT2D eigenvalue weighted by Crippen LogP contribution is -2.44. The topological polar surface area (TPSA) is 141 Å². The van der Waals surface area contributed by atoms with Gasteiger partial charge in [-0.15, -0.1) is 0 Å². The van der Waals surface area contributed by atoms with Crippen LogP contribution in [0.1, 0.15) is 24.8 Å². The molecule has 0 aromatic heterocycles. The summed E-state index contributed by atoms with van der Waals surface area (Å²) in [6, 6.07) is 3.75. The number of nitrogens with one attached hydrogen (secondary N) is 3. The van der Waals surface area contributed by atoms with Crippen molar-refractivity contribution in [3.8, 4) is 5.75 Å². The summed E-state index contributed by atoms with van der Waals surface area (Å²) in [6.45, 7) is 3.66. The lowest BCUT2D eigenvalue weighted by Gasteiger charge is -2.22. The fourth-order valence-electron chi connectivity index (χ4n) is 2.82. The summed E-state index contributed by atoms with van der Waals surface area (Å²) in [5, 5.41) is 7.82. The van der Waals surface area contributed by atoms with Crippen LogP contribution >= 0.6 is 18.2 Å². The van der Waals surface area contributed by atoms with E-state index in [2.05, 4.69) is 29.1 Å². The second-order valence-corrected chi connectivity index (χ2v) is 9.55. The average molecular weight is 516 g/mol. The van der Waals surface area contributed by atoms with Gasteiger partial charge in [-0.25, -0.2) is 14.2 Å². The van der Waals surface area contributed by atoms with Gasteiger partial charge in [-0.2, -0.15) is 0 Å². The number of amides is 3. The van der Waals surface area contributed by atoms with Crippen molar-refractivity contribution in [3.05, 3.63) is 49.1 Å². The monoisotopic (exact) mass is 515 g/mol. The van der Waals surface area contributed by atoms with Gasteiger partial charge in [-0.05, 0) is 37.5 Å². The highest BCUT2D eigenvalue weighted by Gasteiger charge is 2.30. The van der Waals surface area contributed by atoms with E-state index in [4.69, 9.17) is 29.8 Å². The highest BCUT2D eigenvalue weighted by molar-refractivity contribution is 7.81. The molecule has 0 fully saturated rings. The van der Waals surface area contributed by atoms with Crippen molar-refractivity contribution < 1.29 is 37.5 Å². The summed E-state index contributed by atoms with van der Waals surface area (Å²) in [4.78, 5) is 36.3. The molecule has 1 aromatic carbocycles. The fraction of sp³-hybridized carbons (Fsp3) is 0.381. The van der Waals surface area contributed by atoms with Gasteiger partial charge in [-0.3, -0.25) is 9.32 Å². The Hall–Kier alpha value is -3.01. The number of carbonyl (C=O) groups is 3. The third-order valence-corrected chi connectivity index (χ3v) is 5.72. The first-order valence-corrected chi connectivity index (χ1v) is 12.8. The van der Waals surface area contributed by atoms with Crippen LogP contribution in [-0.4, -0.2) is 43.9 Å². The number of ether oxygens (including phenoxy) is 2. The maximum absolute atomic E-state index is 12.9. The first kappa shape index (κ1) is 27.2. The Morgan fingerprint density at radius 3 is 2.56 bits per heavy atom. The quantitative estimate of drug-likeness (QED) is 0.213. The number of unbranched alkanes of at least 4 members (excludes halogenated alkanes) is 1. The molecule has 3 amide bonds. The average Bonchev–Trinajstić information content (AvgIpc) is 2.80. The zero-order valence-corrected chi connectivity index (χ0v) is 20.1. The third-order valence-electron chi connectivity index (χ3n) is 4.37. The number of halogens is 1. The number of anilines is 1. The Balaban J connectivity index is 1.94. The molecule has 1 unspecified atom stereocenters. The smallest absolute Gasteiger partial charge is 0.445 e. The number of rotatable bonds is 12. The van der Waals surface area contributed by atoms with Crippen LogP contribution in [0.25, 0.3) is 0 Å². The highest BCUT2D eigenvalue weighted by Crippen LogP contribution is 2.57. The Morgan fingerprint density at radius 2 is 1.85 bits per heavy atom. The Morgan fingerprint density at radius 1 is 1.15 bits per heavy atom. The van der Waals surface area contributed by atoms with Crippen molar-refractivity contribution in [2.24, 2.45) is 0 Å². The van der Waals surface area contributed by atoms with E-state index in [0.717, 1.165) is 0 Å². The Labute approximate surface area is 202 Å². The van der Waals surface area contributed by atoms with Crippen LogP contribution in [0.2, 0.25) is 0 Å². The van der Waals surface area contributed by atoms with E-state index < -0.39 is 31.1 Å². The molecule has 0 bridgehead atoms. The molecule has 0 saturated carbocycles. The summed E-state index contributed by atoms with van der Waals surface area (Å²) in [5.74, 6) is -0.182. The molecule has 2 rings (SSSR count). The standard InChI is InChI=1S/C21H27ClN3O8P/c1-3-11-30-20(27)23-10-6-5-7-17(25-21(28)31-12-4-2)19(26)24-16-8-9-18-15(13-16)14-32-34(22,29)33-18/h3-4,8-9,13,17H,1-2,5-7,10-12,14H2,(H,23,27)(H,24,26)(H,25,28)/t17-,34?/m0/s1. The summed E-state index contributed by atoms with van der Waals surface area (Å²) < 4.78 is 31.5. The molecular formula is C21H27ClN3O8P. The summed E-state index contributed by atoms with van der Waals surface area (Å²) in [5.41, 5.74) is 0.967. The number of hydrogen-bond donors (Lipinski definition) is 3. The van der Waals surface area contributed by atoms with Crippen molar-refractivity contribution in [2.75, 3.05) is 25.1 Å². The molecule has 0 saturated heterocycles. The zero-order chi connectivity index (χ0) is 25.0. The lowest BCUT2D eigenvalue weighted by molar-refractivity contribution is -0.118. The van der Waals surface area contributed by atoms with Gasteiger partial charge in [0, 0.05) is 29.0 Å². The van der Waals surface area contributed by atoms with Crippen LogP contribution in [0.15, 0.2) is 43.5 Å². The molecule has 0 radical (unpaired) electrons. The van der Waals surface area contributed by atoms with E-state index in [-0.39, 0.29) is 26.2 Å². The molecule has 186 valence electrons. The first-order chi connectivity index (χ1) is 16.2. The van der Waals surface area contributed by atoms with Gasteiger partial charge in [0.1, 0.15) is 25.0 Å². The predicted octanol–water partition coefficient (Wildman–Crippen LogP) is 4.24. The number of alkyl carbamates (subject to hydrolysis) is 2. The second kappa shape index (κ2) is 13.6. The number of hydrogen-bond acceptors (Lipinski definition) is 8.